The summed E-state index contributed by atoms with van der Waals surface area (Å²) in [5, 5.41) is 0. The first-order valence-corrected chi connectivity index (χ1v) is 6.81. The second-order valence-corrected chi connectivity index (χ2v) is 4.64. The van der Waals surface area contributed by atoms with Crippen molar-refractivity contribution in [2.24, 2.45) is 5.73 Å². The second kappa shape index (κ2) is 11.9. The van der Waals surface area contributed by atoms with Gasteiger partial charge in [0.1, 0.15) is 0 Å². The summed E-state index contributed by atoms with van der Waals surface area (Å²) in [6, 6.07) is 0. The Morgan fingerprint density at radius 2 is 1.73 bits per heavy atom. The second-order valence-electron chi connectivity index (χ2n) is 3.54. The van der Waals surface area contributed by atoms with E-state index in [0.717, 1.165) is 18.7 Å². The molecule has 0 aromatic carbocycles. The fraction of sp³-hybridized carbons (Fsp3) is 0.909. The summed E-state index contributed by atoms with van der Waals surface area (Å²) in [4.78, 5) is 10.8. The van der Waals surface area contributed by atoms with Crippen molar-refractivity contribution >= 4 is 17.7 Å². The Morgan fingerprint density at radius 3 is 2.33 bits per heavy atom. The highest BCUT2D eigenvalue weighted by atomic mass is 32.2. The molecule has 0 atom stereocenters. The van der Waals surface area contributed by atoms with Gasteiger partial charge in [-0.3, -0.25) is 4.79 Å². The number of methoxy groups -OCH3 is 1. The molecule has 0 aliphatic carbocycles. The molecule has 4 heteroatoms. The number of hydrogen-bond acceptors (Lipinski definition) is 4. The van der Waals surface area contributed by atoms with Crippen LogP contribution in [-0.4, -0.2) is 31.1 Å². The van der Waals surface area contributed by atoms with Crippen LogP contribution < -0.4 is 5.73 Å². The van der Waals surface area contributed by atoms with Crippen LogP contribution in [0.4, 0.5) is 0 Å². The van der Waals surface area contributed by atoms with Crippen LogP contribution in [0, 0.1) is 0 Å². The Bertz CT molecular complexity index is 154. The van der Waals surface area contributed by atoms with Crippen LogP contribution >= 0.6 is 11.8 Å². The smallest absolute Gasteiger partial charge is 0.315 e. The molecule has 0 rings (SSSR count). The first-order chi connectivity index (χ1) is 7.31. The lowest BCUT2D eigenvalue weighted by Crippen LogP contribution is -2.03. The number of unbranched alkanes of at least 4 members (excludes halogenated alkanes) is 5. The molecule has 0 fully saturated rings. The van der Waals surface area contributed by atoms with Crippen LogP contribution in [0.5, 0.6) is 0 Å². The third kappa shape index (κ3) is 11.7. The molecule has 0 unspecified atom stereocenters. The first kappa shape index (κ1) is 14.8. The fourth-order valence-electron chi connectivity index (χ4n) is 1.27. The maximum Gasteiger partial charge on any atom is 0.315 e. The van der Waals surface area contributed by atoms with E-state index >= 15 is 0 Å². The molecular weight excluding hydrogens is 210 g/mol. The number of hydrogen-bond donors (Lipinski definition) is 1. The van der Waals surface area contributed by atoms with Crippen LogP contribution in [0.25, 0.3) is 0 Å². The summed E-state index contributed by atoms with van der Waals surface area (Å²) < 4.78 is 4.55. The summed E-state index contributed by atoms with van der Waals surface area (Å²) in [5.41, 5.74) is 5.40. The quantitative estimate of drug-likeness (QED) is 0.464. The normalized spacial score (nSPS) is 10.3. The fourth-order valence-corrected chi connectivity index (χ4v) is 2.11. The summed E-state index contributed by atoms with van der Waals surface area (Å²) in [6.07, 6.45) is 7.45. The van der Waals surface area contributed by atoms with Crippen LogP contribution in [0.15, 0.2) is 0 Å². The van der Waals surface area contributed by atoms with Crippen molar-refractivity contribution in [1.82, 2.24) is 0 Å². The third-order valence-corrected chi connectivity index (χ3v) is 3.21. The van der Waals surface area contributed by atoms with Crippen molar-refractivity contribution in [2.45, 2.75) is 38.5 Å². The Hall–Kier alpha value is -0.220. The van der Waals surface area contributed by atoms with E-state index in [1.807, 2.05) is 0 Å². The molecule has 0 amide bonds. The van der Waals surface area contributed by atoms with Crippen LogP contribution in [0.2, 0.25) is 0 Å². The monoisotopic (exact) mass is 233 g/mol. The van der Waals surface area contributed by atoms with E-state index in [1.165, 1.54) is 39.2 Å². The lowest BCUT2D eigenvalue weighted by Gasteiger charge is -2.01. The Kier molecular flexibility index (Phi) is 11.7. The van der Waals surface area contributed by atoms with Gasteiger partial charge in [0, 0.05) is 0 Å². The number of ether oxygens (including phenoxy) is 1. The summed E-state index contributed by atoms with van der Waals surface area (Å²) in [7, 11) is 1.43. The molecule has 0 aromatic heterocycles. The molecule has 0 bridgehead atoms. The lowest BCUT2D eigenvalue weighted by molar-refractivity contribution is -0.137. The zero-order valence-corrected chi connectivity index (χ0v) is 10.5. The van der Waals surface area contributed by atoms with Gasteiger partial charge in [0.15, 0.2) is 0 Å². The lowest BCUT2D eigenvalue weighted by atomic mass is 10.1. The van der Waals surface area contributed by atoms with Gasteiger partial charge < -0.3 is 10.5 Å². The summed E-state index contributed by atoms with van der Waals surface area (Å²) >= 11 is 1.66. The van der Waals surface area contributed by atoms with E-state index in [-0.39, 0.29) is 5.97 Å². The van der Waals surface area contributed by atoms with Crippen LogP contribution in [-0.2, 0) is 9.53 Å². The average molecular weight is 233 g/mol. The van der Waals surface area contributed by atoms with Crippen molar-refractivity contribution in [3.05, 3.63) is 0 Å². The average Bonchev–Trinajstić information content (AvgIpc) is 2.26. The highest BCUT2D eigenvalue weighted by Crippen LogP contribution is 2.09. The van der Waals surface area contributed by atoms with Crippen molar-refractivity contribution in [1.29, 1.82) is 0 Å². The number of nitrogens with two attached hydrogens (primary N) is 1. The van der Waals surface area contributed by atoms with Crippen LogP contribution in [0.3, 0.4) is 0 Å². The maximum absolute atomic E-state index is 10.8. The van der Waals surface area contributed by atoms with E-state index in [1.54, 1.807) is 11.8 Å². The number of carbonyl (C=O) groups excluding carboxylic acids is 1. The Labute approximate surface area is 97.1 Å². The Morgan fingerprint density at radius 1 is 1.13 bits per heavy atom. The number of carbonyl (C=O) groups is 1. The van der Waals surface area contributed by atoms with E-state index in [4.69, 9.17) is 5.73 Å². The van der Waals surface area contributed by atoms with E-state index in [2.05, 4.69) is 4.74 Å². The standard InChI is InChI=1S/C11H23NO2S/c1-14-11(13)10-15-9-7-5-3-2-4-6-8-12/h2-10,12H2,1H3. The molecule has 0 aromatic rings. The van der Waals surface area contributed by atoms with Gasteiger partial charge in [0.25, 0.3) is 0 Å². The van der Waals surface area contributed by atoms with E-state index < -0.39 is 0 Å². The Balaban J connectivity index is 2.95. The molecule has 0 spiro atoms. The molecule has 3 nitrogen and oxygen atoms in total. The largest absolute Gasteiger partial charge is 0.468 e. The zero-order valence-electron chi connectivity index (χ0n) is 9.67. The maximum atomic E-state index is 10.8. The first-order valence-electron chi connectivity index (χ1n) is 5.66. The van der Waals surface area contributed by atoms with Gasteiger partial charge in [-0.2, -0.15) is 11.8 Å². The van der Waals surface area contributed by atoms with Crippen molar-refractivity contribution in [2.75, 3.05) is 25.2 Å². The number of esters is 1. The predicted octanol–water partition coefficient (Wildman–Crippen LogP) is 2.19. The van der Waals surface area contributed by atoms with Crippen LogP contribution in [0.1, 0.15) is 38.5 Å². The molecule has 0 heterocycles. The molecule has 90 valence electrons. The minimum atomic E-state index is -0.122. The molecule has 0 saturated heterocycles. The SMILES string of the molecule is COC(=O)CSCCCCCCCCN. The van der Waals surface area contributed by atoms with Gasteiger partial charge in [-0.05, 0) is 25.1 Å². The molecule has 0 aliphatic heterocycles. The summed E-state index contributed by atoms with van der Waals surface area (Å²) in [5.74, 6) is 1.43. The van der Waals surface area contributed by atoms with Gasteiger partial charge in [-0.1, -0.05) is 25.7 Å². The van der Waals surface area contributed by atoms with Gasteiger partial charge in [-0.15, -0.1) is 0 Å². The van der Waals surface area contributed by atoms with Crippen molar-refractivity contribution in [3.8, 4) is 0 Å². The van der Waals surface area contributed by atoms with Gasteiger partial charge in [0.2, 0.25) is 0 Å². The van der Waals surface area contributed by atoms with E-state index in [9.17, 15) is 4.79 Å². The molecule has 0 aliphatic rings. The zero-order chi connectivity index (χ0) is 11.4. The molecule has 0 saturated carbocycles. The van der Waals surface area contributed by atoms with Crippen molar-refractivity contribution in [3.63, 3.8) is 0 Å². The molecule has 2 N–H and O–H groups in total. The van der Waals surface area contributed by atoms with Gasteiger partial charge >= 0.3 is 5.97 Å². The number of rotatable bonds is 10. The molecular formula is C11H23NO2S. The molecule has 15 heavy (non-hydrogen) atoms. The third-order valence-electron chi connectivity index (χ3n) is 2.19. The number of thioether (sulfide) groups is 1. The van der Waals surface area contributed by atoms with Crippen molar-refractivity contribution < 1.29 is 9.53 Å². The summed E-state index contributed by atoms with van der Waals surface area (Å²) in [6.45, 7) is 0.814. The minimum Gasteiger partial charge on any atom is -0.468 e. The highest BCUT2D eigenvalue weighted by Gasteiger charge is 1.98. The topological polar surface area (TPSA) is 52.3 Å². The predicted molar refractivity (Wildman–Crippen MR) is 66.1 cm³/mol. The van der Waals surface area contributed by atoms with E-state index in [0.29, 0.717) is 5.75 Å². The highest BCUT2D eigenvalue weighted by molar-refractivity contribution is 7.99. The van der Waals surface area contributed by atoms with Gasteiger partial charge in [0.05, 0.1) is 12.9 Å². The molecule has 0 radical (unpaired) electrons. The minimum absolute atomic E-state index is 0.122. The van der Waals surface area contributed by atoms with Gasteiger partial charge in [-0.25, -0.2) is 0 Å².